The fourth-order valence-corrected chi connectivity index (χ4v) is 4.66. The number of halogens is 1. The van der Waals surface area contributed by atoms with Gasteiger partial charge in [-0.3, -0.25) is 4.79 Å². The Bertz CT molecular complexity index is 939. The predicted octanol–water partition coefficient (Wildman–Crippen LogP) is 4.64. The Labute approximate surface area is 186 Å². The van der Waals surface area contributed by atoms with E-state index >= 15 is 0 Å². The van der Waals surface area contributed by atoms with Crippen LogP contribution in [0.2, 0.25) is 5.02 Å². The lowest BCUT2D eigenvalue weighted by atomic mass is 9.94. The maximum Gasteiger partial charge on any atom is 0.338 e. The molecule has 2 aliphatic heterocycles. The van der Waals surface area contributed by atoms with Gasteiger partial charge in [0.1, 0.15) is 0 Å². The van der Waals surface area contributed by atoms with E-state index in [9.17, 15) is 9.59 Å². The Hall–Kier alpha value is -2.25. The first-order chi connectivity index (χ1) is 14.3. The number of nitrogens with one attached hydrogen (secondary N) is 1. The summed E-state index contributed by atoms with van der Waals surface area (Å²) in [5.74, 6) is -0.00174. The average Bonchev–Trinajstić information content (AvgIpc) is 3.08. The summed E-state index contributed by atoms with van der Waals surface area (Å²) in [5, 5.41) is 6.14. The zero-order valence-corrected chi connectivity index (χ0v) is 19.1. The number of hydrogen-bond acceptors (Lipinski definition) is 6. The summed E-state index contributed by atoms with van der Waals surface area (Å²) in [4.78, 5) is 31.7. The average molecular weight is 448 g/mol. The molecule has 0 aromatic heterocycles. The van der Waals surface area contributed by atoms with Gasteiger partial charge in [0, 0.05) is 17.3 Å². The number of carbonyl (C=O) groups excluding carboxylic acids is 2. The van der Waals surface area contributed by atoms with Gasteiger partial charge in [-0.1, -0.05) is 55.4 Å². The zero-order chi connectivity index (χ0) is 21.8. The highest BCUT2D eigenvalue weighted by Gasteiger charge is 2.41. The third-order valence-electron chi connectivity index (χ3n) is 4.99. The number of esters is 1. The highest BCUT2D eigenvalue weighted by molar-refractivity contribution is 8.16. The van der Waals surface area contributed by atoms with Crippen LogP contribution < -0.4 is 5.32 Å². The minimum Gasteiger partial charge on any atom is -0.466 e. The van der Waals surface area contributed by atoms with E-state index in [1.54, 1.807) is 13.0 Å². The van der Waals surface area contributed by atoms with Crippen molar-refractivity contribution in [1.82, 2.24) is 10.2 Å². The van der Waals surface area contributed by atoms with Gasteiger partial charge in [0.05, 0.1) is 30.8 Å². The summed E-state index contributed by atoms with van der Waals surface area (Å²) in [6.07, 6.45) is 1.12. The van der Waals surface area contributed by atoms with Crippen LogP contribution in [0.1, 0.15) is 45.2 Å². The van der Waals surface area contributed by atoms with Crippen molar-refractivity contribution < 1.29 is 14.3 Å². The molecular weight excluding hydrogens is 422 g/mol. The van der Waals surface area contributed by atoms with Crippen molar-refractivity contribution >= 4 is 40.4 Å². The van der Waals surface area contributed by atoms with Crippen molar-refractivity contribution in [3.63, 3.8) is 0 Å². The molecule has 0 bridgehead atoms. The van der Waals surface area contributed by atoms with Gasteiger partial charge in [0.15, 0.2) is 5.17 Å². The van der Waals surface area contributed by atoms with Crippen molar-refractivity contribution in [3.05, 3.63) is 57.2 Å². The molecule has 0 radical (unpaired) electrons. The smallest absolute Gasteiger partial charge is 0.338 e. The molecule has 2 heterocycles. The molecule has 8 heteroatoms. The SMILES string of the molecule is COC(=O)C1=C(C)N=C2SC=C(CC(=O)NCCC(C)C)N2[C@H]1c1ccccc1Cl. The Morgan fingerprint density at radius 3 is 2.73 bits per heavy atom. The van der Waals surface area contributed by atoms with Crippen molar-refractivity contribution in [2.75, 3.05) is 13.7 Å². The van der Waals surface area contributed by atoms with E-state index in [0.29, 0.717) is 28.8 Å². The largest absolute Gasteiger partial charge is 0.466 e. The van der Waals surface area contributed by atoms with Crippen LogP contribution in [0.4, 0.5) is 0 Å². The van der Waals surface area contributed by atoms with Gasteiger partial charge >= 0.3 is 5.97 Å². The number of allylic oxidation sites excluding steroid dienone is 1. The molecule has 30 heavy (non-hydrogen) atoms. The highest BCUT2D eigenvalue weighted by Crippen LogP contribution is 2.46. The fourth-order valence-electron chi connectivity index (χ4n) is 3.46. The highest BCUT2D eigenvalue weighted by atomic mass is 35.5. The van der Waals surface area contributed by atoms with Gasteiger partial charge in [-0.15, -0.1) is 0 Å². The number of benzene rings is 1. The van der Waals surface area contributed by atoms with Gasteiger partial charge in [-0.25, -0.2) is 9.79 Å². The number of amidine groups is 1. The number of methoxy groups -OCH3 is 1. The summed E-state index contributed by atoms with van der Waals surface area (Å²) in [6.45, 7) is 6.67. The number of thioether (sulfide) groups is 1. The second-order valence-corrected chi connectivity index (χ2v) is 8.86. The van der Waals surface area contributed by atoms with Crippen molar-refractivity contribution in [3.8, 4) is 0 Å². The number of nitrogens with zero attached hydrogens (tertiary/aromatic N) is 2. The van der Waals surface area contributed by atoms with Gasteiger partial charge < -0.3 is 15.0 Å². The summed E-state index contributed by atoms with van der Waals surface area (Å²) in [6, 6.07) is 6.88. The summed E-state index contributed by atoms with van der Waals surface area (Å²) in [7, 11) is 1.35. The Balaban J connectivity index is 1.93. The Morgan fingerprint density at radius 2 is 2.07 bits per heavy atom. The molecule has 0 fully saturated rings. The van der Waals surface area contributed by atoms with E-state index in [1.807, 2.05) is 28.5 Å². The molecular formula is C22H26ClN3O3S. The van der Waals surface area contributed by atoms with Gasteiger partial charge in [-0.2, -0.15) is 0 Å². The Kier molecular flexibility index (Phi) is 7.26. The molecule has 3 rings (SSSR count). The third kappa shape index (κ3) is 4.73. The number of fused-ring (bicyclic) bond motifs is 1. The van der Waals surface area contributed by atoms with E-state index < -0.39 is 12.0 Å². The van der Waals surface area contributed by atoms with Crippen LogP contribution in [0.15, 0.2) is 51.6 Å². The molecule has 0 spiro atoms. The van der Waals surface area contributed by atoms with Crippen LogP contribution in [-0.4, -0.2) is 35.6 Å². The molecule has 1 aromatic rings. The quantitative estimate of drug-likeness (QED) is 0.616. The molecule has 6 nitrogen and oxygen atoms in total. The maximum atomic E-state index is 12.7. The molecule has 1 N–H and O–H groups in total. The minimum atomic E-state index is -0.511. The number of hydrogen-bond donors (Lipinski definition) is 1. The first-order valence-electron chi connectivity index (χ1n) is 9.87. The molecule has 2 aliphatic rings. The number of rotatable bonds is 7. The molecule has 1 atom stereocenters. The normalized spacial score (nSPS) is 18.2. The molecule has 1 aromatic carbocycles. The zero-order valence-electron chi connectivity index (χ0n) is 17.6. The number of amides is 1. The lowest BCUT2D eigenvalue weighted by molar-refractivity contribution is -0.136. The van der Waals surface area contributed by atoms with E-state index in [-0.39, 0.29) is 12.3 Å². The monoisotopic (exact) mass is 447 g/mol. The standard InChI is InChI=1S/C22H26ClN3O3S/c1-13(2)9-10-24-18(27)11-15-12-30-22-25-14(3)19(21(28)29-4)20(26(15)22)16-7-5-6-8-17(16)23/h5-8,12-13,20H,9-11H2,1-4H3,(H,24,27)/t20-/m0/s1. The molecule has 0 saturated carbocycles. The predicted molar refractivity (Wildman–Crippen MR) is 121 cm³/mol. The second kappa shape index (κ2) is 9.71. The lowest BCUT2D eigenvalue weighted by Crippen LogP contribution is -2.38. The lowest BCUT2D eigenvalue weighted by Gasteiger charge is -2.36. The van der Waals surface area contributed by atoms with E-state index in [2.05, 4.69) is 24.2 Å². The summed E-state index contributed by atoms with van der Waals surface area (Å²) < 4.78 is 5.05. The van der Waals surface area contributed by atoms with Gasteiger partial charge in [0.25, 0.3) is 0 Å². The molecule has 0 unspecified atom stereocenters. The number of ether oxygens (including phenoxy) is 1. The van der Waals surface area contributed by atoms with E-state index in [1.165, 1.54) is 18.9 Å². The van der Waals surface area contributed by atoms with Crippen LogP contribution >= 0.6 is 23.4 Å². The number of aliphatic imine (C=N–C) groups is 1. The fraction of sp³-hybridized carbons (Fsp3) is 0.409. The van der Waals surface area contributed by atoms with Gasteiger partial charge in [-0.05, 0) is 36.3 Å². The topological polar surface area (TPSA) is 71.0 Å². The van der Waals surface area contributed by atoms with Crippen LogP contribution in [0.25, 0.3) is 0 Å². The first kappa shape index (κ1) is 22.4. The number of carbonyl (C=O) groups is 2. The van der Waals surface area contributed by atoms with Crippen molar-refractivity contribution in [2.24, 2.45) is 10.9 Å². The van der Waals surface area contributed by atoms with Gasteiger partial charge in [0.2, 0.25) is 5.91 Å². The first-order valence-corrected chi connectivity index (χ1v) is 11.1. The van der Waals surface area contributed by atoms with Crippen LogP contribution in [0.3, 0.4) is 0 Å². The summed E-state index contributed by atoms with van der Waals surface area (Å²) >= 11 is 7.95. The second-order valence-electron chi connectivity index (χ2n) is 7.62. The van der Waals surface area contributed by atoms with E-state index in [0.717, 1.165) is 22.8 Å². The third-order valence-corrected chi connectivity index (χ3v) is 6.22. The minimum absolute atomic E-state index is 0.0625. The van der Waals surface area contributed by atoms with E-state index in [4.69, 9.17) is 16.3 Å². The molecule has 0 saturated heterocycles. The van der Waals surface area contributed by atoms with Crippen LogP contribution in [0, 0.1) is 5.92 Å². The summed E-state index contributed by atoms with van der Waals surface area (Å²) in [5.41, 5.74) is 2.55. The van der Waals surface area contributed by atoms with Crippen molar-refractivity contribution in [2.45, 2.75) is 39.7 Å². The molecule has 1 amide bonds. The molecule has 160 valence electrons. The van der Waals surface area contributed by atoms with Crippen molar-refractivity contribution in [1.29, 1.82) is 0 Å². The van der Waals surface area contributed by atoms with Crippen LogP contribution in [-0.2, 0) is 14.3 Å². The maximum absolute atomic E-state index is 12.7. The Morgan fingerprint density at radius 1 is 1.33 bits per heavy atom. The van der Waals surface area contributed by atoms with Crippen LogP contribution in [0.5, 0.6) is 0 Å². The molecule has 0 aliphatic carbocycles.